The molecule has 2 rings (SSSR count). The van der Waals surface area contributed by atoms with Crippen molar-refractivity contribution in [2.75, 3.05) is 5.75 Å². The zero-order valence-electron chi connectivity index (χ0n) is 8.64. The van der Waals surface area contributed by atoms with Crippen LogP contribution in [0.25, 0.3) is 0 Å². The lowest BCUT2D eigenvalue weighted by Crippen LogP contribution is -2.50. The topological polar surface area (TPSA) is 12.0 Å². The summed E-state index contributed by atoms with van der Waals surface area (Å²) in [6.07, 6.45) is 9.95. The fourth-order valence-electron chi connectivity index (χ4n) is 2.58. The fraction of sp³-hybridized carbons (Fsp3) is 1.00. The molecule has 1 heterocycles. The first-order valence-corrected chi connectivity index (χ1v) is 6.71. The molecule has 1 saturated carbocycles. The van der Waals surface area contributed by atoms with Gasteiger partial charge in [-0.15, -0.1) is 11.8 Å². The van der Waals surface area contributed by atoms with Gasteiger partial charge >= 0.3 is 0 Å². The molecule has 0 radical (unpaired) electrons. The second kappa shape index (κ2) is 4.22. The Bertz CT molecular complexity index is 161. The van der Waals surface area contributed by atoms with Crippen LogP contribution in [0.3, 0.4) is 0 Å². The first kappa shape index (κ1) is 9.85. The molecule has 1 N–H and O–H groups in total. The van der Waals surface area contributed by atoms with Gasteiger partial charge in [0, 0.05) is 6.04 Å². The molecule has 1 saturated heterocycles. The second-order valence-electron chi connectivity index (χ2n) is 4.59. The normalized spacial score (nSPS) is 34.4. The Morgan fingerprint density at radius 2 is 1.85 bits per heavy atom. The van der Waals surface area contributed by atoms with Crippen molar-refractivity contribution in [3.8, 4) is 0 Å². The van der Waals surface area contributed by atoms with Gasteiger partial charge in [0.1, 0.15) is 0 Å². The van der Waals surface area contributed by atoms with Gasteiger partial charge in [0.05, 0.1) is 4.87 Å². The lowest BCUT2D eigenvalue weighted by Gasteiger charge is -2.40. The highest BCUT2D eigenvalue weighted by molar-refractivity contribution is 8.00. The molecule has 2 aliphatic rings. The highest BCUT2D eigenvalue weighted by atomic mass is 32.2. The van der Waals surface area contributed by atoms with Gasteiger partial charge in [0.25, 0.3) is 0 Å². The summed E-state index contributed by atoms with van der Waals surface area (Å²) in [6.45, 7) is 2.34. The van der Waals surface area contributed by atoms with Gasteiger partial charge in [-0.2, -0.15) is 0 Å². The zero-order chi connectivity index (χ0) is 9.15. The third kappa shape index (κ3) is 2.41. The average molecular weight is 199 g/mol. The first-order chi connectivity index (χ1) is 6.31. The maximum atomic E-state index is 3.83. The lowest BCUT2D eigenvalue weighted by atomic mass is 10.1. The lowest BCUT2D eigenvalue weighted by molar-refractivity contribution is 0.353. The van der Waals surface area contributed by atoms with Gasteiger partial charge in [-0.25, -0.2) is 0 Å². The van der Waals surface area contributed by atoms with Crippen LogP contribution >= 0.6 is 11.8 Å². The molecule has 1 spiro atoms. The van der Waals surface area contributed by atoms with Crippen molar-refractivity contribution in [1.29, 1.82) is 0 Å². The molecule has 1 nitrogen and oxygen atoms in total. The molecular weight excluding hydrogens is 178 g/mol. The number of rotatable bonds is 0. The predicted molar refractivity (Wildman–Crippen MR) is 60.1 cm³/mol. The molecule has 0 aromatic rings. The summed E-state index contributed by atoms with van der Waals surface area (Å²) in [5, 5.41) is 3.83. The molecule has 2 heteroatoms. The van der Waals surface area contributed by atoms with Crippen molar-refractivity contribution < 1.29 is 0 Å². The summed E-state index contributed by atoms with van der Waals surface area (Å²) in [7, 11) is 0. The first-order valence-electron chi connectivity index (χ1n) is 5.72. The predicted octanol–water partition coefficient (Wildman–Crippen LogP) is 3.15. The molecule has 1 unspecified atom stereocenters. The van der Waals surface area contributed by atoms with E-state index in [9.17, 15) is 0 Å². The minimum atomic E-state index is 0.480. The summed E-state index contributed by atoms with van der Waals surface area (Å²) >= 11 is 2.19. The van der Waals surface area contributed by atoms with E-state index in [-0.39, 0.29) is 0 Å². The summed E-state index contributed by atoms with van der Waals surface area (Å²) in [5.74, 6) is 1.37. The Balaban J connectivity index is 1.99. The summed E-state index contributed by atoms with van der Waals surface area (Å²) in [6, 6.07) is 0.749. The molecule has 2 fully saturated rings. The Kier molecular flexibility index (Phi) is 3.20. The molecule has 13 heavy (non-hydrogen) atoms. The second-order valence-corrected chi connectivity index (χ2v) is 6.07. The SMILES string of the molecule is CC1CCSC2(CCCCCC2)N1. The van der Waals surface area contributed by atoms with E-state index < -0.39 is 0 Å². The Labute approximate surface area is 86.0 Å². The molecule has 0 aromatic heterocycles. The quantitative estimate of drug-likeness (QED) is 0.643. The maximum absolute atomic E-state index is 3.83. The average Bonchev–Trinajstić information content (AvgIpc) is 2.31. The molecule has 0 bridgehead atoms. The van der Waals surface area contributed by atoms with Crippen molar-refractivity contribution in [1.82, 2.24) is 5.32 Å². The van der Waals surface area contributed by atoms with Crippen molar-refractivity contribution in [3.05, 3.63) is 0 Å². The van der Waals surface area contributed by atoms with Crippen LogP contribution in [0.5, 0.6) is 0 Å². The van der Waals surface area contributed by atoms with E-state index in [4.69, 9.17) is 0 Å². The molecule has 1 aliphatic carbocycles. The molecular formula is C11H21NS. The van der Waals surface area contributed by atoms with E-state index in [0.29, 0.717) is 4.87 Å². The molecule has 0 aromatic carbocycles. The monoisotopic (exact) mass is 199 g/mol. The molecule has 1 atom stereocenters. The van der Waals surface area contributed by atoms with Gasteiger partial charge in [-0.1, -0.05) is 25.7 Å². The van der Waals surface area contributed by atoms with Crippen LogP contribution in [0, 0.1) is 0 Å². The standard InChI is InChI=1S/C11H21NS/c1-10-6-9-13-11(12-10)7-4-2-3-5-8-11/h10,12H,2-9H2,1H3. The highest BCUT2D eigenvalue weighted by Gasteiger charge is 2.34. The van der Waals surface area contributed by atoms with Crippen molar-refractivity contribution in [2.45, 2.75) is 62.8 Å². The van der Waals surface area contributed by atoms with Crippen LogP contribution in [-0.2, 0) is 0 Å². The van der Waals surface area contributed by atoms with Gasteiger partial charge in [-0.05, 0) is 31.9 Å². The Morgan fingerprint density at radius 1 is 1.15 bits per heavy atom. The summed E-state index contributed by atoms with van der Waals surface area (Å²) in [4.78, 5) is 0.480. The van der Waals surface area contributed by atoms with E-state index in [1.54, 1.807) is 0 Å². The van der Waals surface area contributed by atoms with E-state index in [1.807, 2.05) is 0 Å². The molecule has 76 valence electrons. The van der Waals surface area contributed by atoms with Crippen LogP contribution in [0.2, 0.25) is 0 Å². The zero-order valence-corrected chi connectivity index (χ0v) is 9.46. The highest BCUT2D eigenvalue weighted by Crippen LogP contribution is 2.39. The molecule has 0 amide bonds. The number of hydrogen-bond acceptors (Lipinski definition) is 2. The minimum absolute atomic E-state index is 0.480. The van der Waals surface area contributed by atoms with Crippen molar-refractivity contribution in [3.63, 3.8) is 0 Å². The maximum Gasteiger partial charge on any atom is 0.0647 e. The van der Waals surface area contributed by atoms with Crippen LogP contribution in [0.15, 0.2) is 0 Å². The summed E-state index contributed by atoms with van der Waals surface area (Å²) < 4.78 is 0. The third-order valence-electron chi connectivity index (χ3n) is 3.35. The van der Waals surface area contributed by atoms with Gasteiger partial charge < -0.3 is 5.32 Å². The van der Waals surface area contributed by atoms with Crippen molar-refractivity contribution in [2.24, 2.45) is 0 Å². The van der Waals surface area contributed by atoms with E-state index in [1.165, 1.54) is 50.7 Å². The molecule has 1 aliphatic heterocycles. The minimum Gasteiger partial charge on any atom is -0.300 e. The van der Waals surface area contributed by atoms with E-state index >= 15 is 0 Å². The van der Waals surface area contributed by atoms with Crippen LogP contribution < -0.4 is 5.32 Å². The number of nitrogens with one attached hydrogen (secondary N) is 1. The van der Waals surface area contributed by atoms with Gasteiger partial charge in [-0.3, -0.25) is 0 Å². The van der Waals surface area contributed by atoms with Crippen LogP contribution in [0.4, 0.5) is 0 Å². The van der Waals surface area contributed by atoms with Crippen LogP contribution in [-0.4, -0.2) is 16.7 Å². The van der Waals surface area contributed by atoms with Gasteiger partial charge in [0.2, 0.25) is 0 Å². The number of thioether (sulfide) groups is 1. The largest absolute Gasteiger partial charge is 0.300 e. The third-order valence-corrected chi connectivity index (χ3v) is 4.87. The van der Waals surface area contributed by atoms with Crippen LogP contribution in [0.1, 0.15) is 51.9 Å². The van der Waals surface area contributed by atoms with Gasteiger partial charge in [0.15, 0.2) is 0 Å². The Hall–Kier alpha value is 0.310. The van der Waals surface area contributed by atoms with E-state index in [2.05, 4.69) is 24.0 Å². The Morgan fingerprint density at radius 3 is 2.46 bits per heavy atom. The smallest absolute Gasteiger partial charge is 0.0647 e. The summed E-state index contributed by atoms with van der Waals surface area (Å²) in [5.41, 5.74) is 0. The fourth-order valence-corrected chi connectivity index (χ4v) is 4.31. The number of hydrogen-bond donors (Lipinski definition) is 1. The van der Waals surface area contributed by atoms with E-state index in [0.717, 1.165) is 6.04 Å². The van der Waals surface area contributed by atoms with Crippen molar-refractivity contribution >= 4 is 11.8 Å².